The first-order chi connectivity index (χ1) is 8.01. The van der Waals surface area contributed by atoms with Crippen LogP contribution in [0.25, 0.3) is 0 Å². The third-order valence-corrected chi connectivity index (χ3v) is 2.91. The maximum atomic E-state index is 6.10. The number of nitrogens with two attached hydrogens (primary N) is 1. The van der Waals surface area contributed by atoms with Gasteiger partial charge in [-0.15, -0.1) is 0 Å². The summed E-state index contributed by atoms with van der Waals surface area (Å²) in [4.78, 5) is 0. The first-order valence-electron chi connectivity index (χ1n) is 6.20. The summed E-state index contributed by atoms with van der Waals surface area (Å²) < 4.78 is 11.3. The molecule has 0 aromatic heterocycles. The van der Waals surface area contributed by atoms with E-state index in [2.05, 4.69) is 13.0 Å². The maximum Gasteiger partial charge on any atom is 0.164 e. The van der Waals surface area contributed by atoms with Gasteiger partial charge in [-0.05, 0) is 38.3 Å². The molecule has 0 unspecified atom stereocenters. The predicted octanol–water partition coefficient (Wildman–Crippen LogP) is 2.30. The number of ether oxygens (including phenoxy) is 2. The number of hydrogen-bond donors (Lipinski definition) is 1. The Morgan fingerprint density at radius 2 is 1.94 bits per heavy atom. The summed E-state index contributed by atoms with van der Waals surface area (Å²) in [5.74, 6) is 1.78. The molecule has 3 heteroatoms. The van der Waals surface area contributed by atoms with Crippen LogP contribution in [-0.2, 0) is 12.8 Å². The van der Waals surface area contributed by atoms with Crippen LogP contribution in [0, 0.1) is 0 Å². The van der Waals surface area contributed by atoms with Crippen LogP contribution in [0.1, 0.15) is 31.9 Å². The summed E-state index contributed by atoms with van der Waals surface area (Å²) >= 11 is 0. The molecule has 0 saturated carbocycles. The number of rotatable bonds is 3. The van der Waals surface area contributed by atoms with E-state index in [9.17, 15) is 0 Å². The van der Waals surface area contributed by atoms with Gasteiger partial charge in [0.25, 0.3) is 0 Å². The van der Waals surface area contributed by atoms with Crippen molar-refractivity contribution >= 4 is 0 Å². The summed E-state index contributed by atoms with van der Waals surface area (Å²) in [6.45, 7) is 7.50. The molecule has 0 radical (unpaired) electrons. The van der Waals surface area contributed by atoms with Crippen LogP contribution >= 0.6 is 0 Å². The average molecular weight is 235 g/mol. The van der Waals surface area contributed by atoms with Crippen molar-refractivity contribution < 1.29 is 9.47 Å². The minimum Gasteiger partial charge on any atom is -0.486 e. The summed E-state index contributed by atoms with van der Waals surface area (Å²) in [6.07, 6.45) is 1.80. The van der Waals surface area contributed by atoms with E-state index in [1.54, 1.807) is 0 Å². The van der Waals surface area contributed by atoms with E-state index in [1.165, 1.54) is 11.1 Å². The molecule has 2 rings (SSSR count). The highest BCUT2D eigenvalue weighted by Crippen LogP contribution is 2.37. The third-order valence-electron chi connectivity index (χ3n) is 2.91. The maximum absolute atomic E-state index is 6.10. The molecule has 94 valence electrons. The fraction of sp³-hybridized carbons (Fsp3) is 0.571. The highest BCUT2D eigenvalue weighted by Gasteiger charge is 2.21. The fourth-order valence-corrected chi connectivity index (χ4v) is 2.26. The summed E-state index contributed by atoms with van der Waals surface area (Å²) in [5.41, 5.74) is 8.40. The van der Waals surface area contributed by atoms with Crippen molar-refractivity contribution in [3.8, 4) is 11.5 Å². The van der Waals surface area contributed by atoms with Crippen LogP contribution in [0.15, 0.2) is 12.1 Å². The van der Waals surface area contributed by atoms with Gasteiger partial charge in [0.1, 0.15) is 13.2 Å². The third kappa shape index (κ3) is 2.72. The lowest BCUT2D eigenvalue weighted by atomic mass is 9.91. The normalized spacial score (nSPS) is 14.8. The smallest absolute Gasteiger partial charge is 0.164 e. The largest absolute Gasteiger partial charge is 0.486 e. The lowest BCUT2D eigenvalue weighted by Crippen LogP contribution is -2.34. The molecule has 0 aliphatic carbocycles. The van der Waals surface area contributed by atoms with Gasteiger partial charge in [0.15, 0.2) is 11.5 Å². The highest BCUT2D eigenvalue weighted by molar-refractivity contribution is 5.52. The second-order valence-electron chi connectivity index (χ2n) is 5.25. The Morgan fingerprint density at radius 1 is 1.24 bits per heavy atom. The van der Waals surface area contributed by atoms with Gasteiger partial charge >= 0.3 is 0 Å². The van der Waals surface area contributed by atoms with Gasteiger partial charge in [-0.3, -0.25) is 0 Å². The molecule has 1 aliphatic rings. The van der Waals surface area contributed by atoms with Gasteiger partial charge in [-0.2, -0.15) is 0 Å². The van der Waals surface area contributed by atoms with E-state index in [1.807, 2.05) is 19.9 Å². The number of fused-ring (bicyclic) bond motifs is 1. The van der Waals surface area contributed by atoms with E-state index in [-0.39, 0.29) is 5.54 Å². The predicted molar refractivity (Wildman–Crippen MR) is 68.8 cm³/mol. The molecular formula is C14H21NO2. The molecule has 0 amide bonds. The second kappa shape index (κ2) is 4.57. The molecule has 0 atom stereocenters. The van der Waals surface area contributed by atoms with Crippen molar-refractivity contribution in [3.05, 3.63) is 23.3 Å². The molecule has 1 aromatic rings. The van der Waals surface area contributed by atoms with Gasteiger partial charge in [-0.1, -0.05) is 13.0 Å². The molecule has 17 heavy (non-hydrogen) atoms. The molecule has 0 fully saturated rings. The van der Waals surface area contributed by atoms with Crippen molar-refractivity contribution in [2.45, 2.75) is 39.2 Å². The topological polar surface area (TPSA) is 44.5 Å². The van der Waals surface area contributed by atoms with Crippen molar-refractivity contribution in [1.29, 1.82) is 0 Å². The zero-order valence-electron chi connectivity index (χ0n) is 10.9. The van der Waals surface area contributed by atoms with Crippen molar-refractivity contribution in [3.63, 3.8) is 0 Å². The molecule has 3 nitrogen and oxygen atoms in total. The fourth-order valence-electron chi connectivity index (χ4n) is 2.26. The van der Waals surface area contributed by atoms with Gasteiger partial charge in [0, 0.05) is 11.1 Å². The van der Waals surface area contributed by atoms with Crippen molar-refractivity contribution in [1.82, 2.24) is 0 Å². The Kier molecular flexibility index (Phi) is 3.29. The van der Waals surface area contributed by atoms with Crippen LogP contribution in [0.2, 0.25) is 0 Å². The Bertz CT molecular complexity index is 407. The van der Waals surface area contributed by atoms with Crippen LogP contribution < -0.4 is 15.2 Å². The van der Waals surface area contributed by atoms with Crippen LogP contribution in [0.3, 0.4) is 0 Å². The SMILES string of the molecule is CCc1c(CC(C)(C)N)ccc2c1OCCO2. The first kappa shape index (κ1) is 12.2. The van der Waals surface area contributed by atoms with Gasteiger partial charge in [0.2, 0.25) is 0 Å². The number of hydrogen-bond acceptors (Lipinski definition) is 3. The van der Waals surface area contributed by atoms with Crippen LogP contribution in [0.4, 0.5) is 0 Å². The lowest BCUT2D eigenvalue weighted by Gasteiger charge is -2.25. The van der Waals surface area contributed by atoms with E-state index < -0.39 is 0 Å². The zero-order chi connectivity index (χ0) is 12.5. The minimum atomic E-state index is -0.201. The molecule has 0 spiro atoms. The number of benzene rings is 1. The monoisotopic (exact) mass is 235 g/mol. The summed E-state index contributed by atoms with van der Waals surface area (Å²) in [7, 11) is 0. The van der Waals surface area contributed by atoms with E-state index >= 15 is 0 Å². The standard InChI is InChI=1S/C14H21NO2/c1-4-11-10(9-14(2,3)15)5-6-12-13(11)17-8-7-16-12/h5-6H,4,7-9,15H2,1-3H3. The quantitative estimate of drug-likeness (QED) is 0.874. The first-order valence-corrected chi connectivity index (χ1v) is 6.20. The van der Waals surface area contributed by atoms with Gasteiger partial charge in [-0.25, -0.2) is 0 Å². The van der Waals surface area contributed by atoms with Crippen molar-refractivity contribution in [2.75, 3.05) is 13.2 Å². The van der Waals surface area contributed by atoms with E-state index in [0.29, 0.717) is 13.2 Å². The van der Waals surface area contributed by atoms with E-state index in [0.717, 1.165) is 24.3 Å². The molecule has 1 aromatic carbocycles. The summed E-state index contributed by atoms with van der Waals surface area (Å²) in [6, 6.07) is 4.11. The molecule has 0 saturated heterocycles. The molecule has 2 N–H and O–H groups in total. The van der Waals surface area contributed by atoms with Gasteiger partial charge < -0.3 is 15.2 Å². The second-order valence-corrected chi connectivity index (χ2v) is 5.25. The lowest BCUT2D eigenvalue weighted by molar-refractivity contribution is 0.169. The van der Waals surface area contributed by atoms with E-state index in [4.69, 9.17) is 15.2 Å². The average Bonchev–Trinajstić information content (AvgIpc) is 2.27. The Labute approximate surface area is 103 Å². The Balaban J connectivity index is 2.40. The van der Waals surface area contributed by atoms with Gasteiger partial charge in [0.05, 0.1) is 0 Å². The summed E-state index contributed by atoms with van der Waals surface area (Å²) in [5, 5.41) is 0. The molecule has 1 heterocycles. The molecular weight excluding hydrogens is 214 g/mol. The minimum absolute atomic E-state index is 0.201. The van der Waals surface area contributed by atoms with Crippen molar-refractivity contribution in [2.24, 2.45) is 5.73 Å². The Morgan fingerprint density at radius 3 is 2.59 bits per heavy atom. The Hall–Kier alpha value is -1.22. The highest BCUT2D eigenvalue weighted by atomic mass is 16.6. The van der Waals surface area contributed by atoms with Crippen LogP contribution in [-0.4, -0.2) is 18.8 Å². The zero-order valence-corrected chi connectivity index (χ0v) is 10.9. The molecule has 1 aliphatic heterocycles. The molecule has 0 bridgehead atoms. The van der Waals surface area contributed by atoms with Crippen LogP contribution in [0.5, 0.6) is 11.5 Å².